The molecular weight excluding hydrogens is 198 g/mol. The molecule has 4 heteroatoms. The number of benzene rings is 1. The molecule has 0 amide bonds. The van der Waals surface area contributed by atoms with Gasteiger partial charge in [-0.3, -0.25) is 0 Å². The third kappa shape index (κ3) is 3.57. The molecule has 1 aromatic rings. The first-order chi connectivity index (χ1) is 7.15. The second kappa shape index (κ2) is 5.78. The van der Waals surface area contributed by atoms with Crippen molar-refractivity contribution in [3.63, 3.8) is 0 Å². The number of hydrogen-bond donors (Lipinski definition) is 2. The minimum absolute atomic E-state index is 0.243. The monoisotopic (exact) mass is 214 g/mol. The second-order valence-electron chi connectivity index (χ2n) is 3.56. The third-order valence-electron chi connectivity index (χ3n) is 2.33. The van der Waals surface area contributed by atoms with E-state index in [4.69, 9.17) is 11.5 Å². The van der Waals surface area contributed by atoms with Gasteiger partial charge < -0.3 is 11.5 Å². The van der Waals surface area contributed by atoms with Gasteiger partial charge in [-0.05, 0) is 37.6 Å². The van der Waals surface area contributed by atoms with Crippen LogP contribution >= 0.6 is 0 Å². The van der Waals surface area contributed by atoms with Gasteiger partial charge in [0.2, 0.25) is 0 Å². The van der Waals surface area contributed by atoms with Crippen LogP contribution in [0.5, 0.6) is 0 Å². The van der Waals surface area contributed by atoms with Crippen molar-refractivity contribution in [3.8, 4) is 0 Å². The summed E-state index contributed by atoms with van der Waals surface area (Å²) >= 11 is 0. The predicted molar refractivity (Wildman–Crippen MR) is 56.2 cm³/mol. The van der Waals surface area contributed by atoms with Crippen LogP contribution in [0.3, 0.4) is 0 Å². The molecule has 0 aliphatic heterocycles. The number of halogens is 2. The van der Waals surface area contributed by atoms with Crippen LogP contribution in [0.25, 0.3) is 0 Å². The zero-order valence-electron chi connectivity index (χ0n) is 8.55. The van der Waals surface area contributed by atoms with Gasteiger partial charge in [0.25, 0.3) is 0 Å². The van der Waals surface area contributed by atoms with E-state index >= 15 is 0 Å². The van der Waals surface area contributed by atoms with Crippen molar-refractivity contribution in [2.45, 2.75) is 25.3 Å². The Kier molecular flexibility index (Phi) is 4.65. The van der Waals surface area contributed by atoms with Crippen molar-refractivity contribution in [3.05, 3.63) is 35.4 Å². The maximum Gasteiger partial charge on any atom is 0.128 e. The standard InChI is InChI=1S/C11H16F2N2/c12-8-4-5-10(13)9(7-8)11(15)3-1-2-6-14/h4-5,7,11H,1-3,6,14-15H2/t11-/m0/s1. The van der Waals surface area contributed by atoms with E-state index in [-0.39, 0.29) is 5.56 Å². The normalized spacial score (nSPS) is 12.8. The molecular formula is C11H16F2N2. The van der Waals surface area contributed by atoms with Crippen molar-refractivity contribution in [2.24, 2.45) is 11.5 Å². The lowest BCUT2D eigenvalue weighted by atomic mass is 10.0. The van der Waals surface area contributed by atoms with Crippen LogP contribution in [0.4, 0.5) is 8.78 Å². The number of rotatable bonds is 5. The fraction of sp³-hybridized carbons (Fsp3) is 0.455. The highest BCUT2D eigenvalue weighted by molar-refractivity contribution is 5.21. The minimum atomic E-state index is -0.458. The fourth-order valence-electron chi connectivity index (χ4n) is 1.46. The lowest BCUT2D eigenvalue weighted by molar-refractivity contribution is 0.532. The molecule has 0 fully saturated rings. The molecule has 1 aromatic carbocycles. The smallest absolute Gasteiger partial charge is 0.128 e. The Labute approximate surface area is 88.3 Å². The topological polar surface area (TPSA) is 52.0 Å². The number of nitrogens with two attached hydrogens (primary N) is 2. The van der Waals surface area contributed by atoms with Crippen molar-refractivity contribution in [1.29, 1.82) is 0 Å². The third-order valence-corrected chi connectivity index (χ3v) is 2.33. The summed E-state index contributed by atoms with van der Waals surface area (Å²) in [6.07, 6.45) is 2.30. The van der Waals surface area contributed by atoms with Gasteiger partial charge in [-0.15, -0.1) is 0 Å². The minimum Gasteiger partial charge on any atom is -0.330 e. The summed E-state index contributed by atoms with van der Waals surface area (Å²) in [6.45, 7) is 0.596. The van der Waals surface area contributed by atoms with Crippen LogP contribution in [-0.2, 0) is 0 Å². The molecule has 4 N–H and O–H groups in total. The largest absolute Gasteiger partial charge is 0.330 e. The Morgan fingerprint density at radius 1 is 1.20 bits per heavy atom. The van der Waals surface area contributed by atoms with Gasteiger partial charge in [0.05, 0.1) is 0 Å². The van der Waals surface area contributed by atoms with E-state index in [2.05, 4.69) is 0 Å². The van der Waals surface area contributed by atoms with Gasteiger partial charge in [0.15, 0.2) is 0 Å². The molecule has 0 unspecified atom stereocenters. The highest BCUT2D eigenvalue weighted by atomic mass is 19.1. The van der Waals surface area contributed by atoms with E-state index in [0.717, 1.165) is 31.0 Å². The average Bonchev–Trinajstić information content (AvgIpc) is 2.22. The predicted octanol–water partition coefficient (Wildman–Crippen LogP) is 2.09. The van der Waals surface area contributed by atoms with E-state index < -0.39 is 17.7 Å². The van der Waals surface area contributed by atoms with Crippen molar-refractivity contribution in [1.82, 2.24) is 0 Å². The summed E-state index contributed by atoms with van der Waals surface area (Å²) in [5, 5.41) is 0. The van der Waals surface area contributed by atoms with Crippen LogP contribution in [-0.4, -0.2) is 6.54 Å². The van der Waals surface area contributed by atoms with Gasteiger partial charge in [-0.2, -0.15) is 0 Å². The molecule has 0 aliphatic rings. The summed E-state index contributed by atoms with van der Waals surface area (Å²) in [4.78, 5) is 0. The molecule has 0 aliphatic carbocycles. The molecule has 0 heterocycles. The first-order valence-corrected chi connectivity index (χ1v) is 5.05. The maximum absolute atomic E-state index is 13.3. The summed E-state index contributed by atoms with van der Waals surface area (Å²) in [6, 6.07) is 2.90. The first-order valence-electron chi connectivity index (χ1n) is 5.05. The van der Waals surface area contributed by atoms with Crippen LogP contribution in [0.15, 0.2) is 18.2 Å². The van der Waals surface area contributed by atoms with E-state index in [1.165, 1.54) is 0 Å². The van der Waals surface area contributed by atoms with E-state index in [9.17, 15) is 8.78 Å². The Morgan fingerprint density at radius 2 is 1.93 bits per heavy atom. The SMILES string of the molecule is NCCCC[C@H](N)c1cc(F)ccc1F. The zero-order valence-corrected chi connectivity index (χ0v) is 8.55. The quantitative estimate of drug-likeness (QED) is 0.737. The van der Waals surface area contributed by atoms with Crippen molar-refractivity contribution >= 4 is 0 Å². The summed E-state index contributed by atoms with van der Waals surface area (Å²) < 4.78 is 26.1. The number of unbranched alkanes of at least 4 members (excludes halogenated alkanes) is 1. The Bertz CT molecular complexity index is 315. The molecule has 2 nitrogen and oxygen atoms in total. The molecule has 1 atom stereocenters. The van der Waals surface area contributed by atoms with Gasteiger partial charge in [-0.1, -0.05) is 6.42 Å². The van der Waals surface area contributed by atoms with Crippen molar-refractivity contribution in [2.75, 3.05) is 6.54 Å². The molecule has 84 valence electrons. The van der Waals surface area contributed by atoms with Crippen LogP contribution < -0.4 is 11.5 Å². The fourth-order valence-corrected chi connectivity index (χ4v) is 1.46. The Morgan fingerprint density at radius 3 is 2.60 bits per heavy atom. The van der Waals surface area contributed by atoms with Crippen LogP contribution in [0, 0.1) is 11.6 Å². The molecule has 0 radical (unpaired) electrons. The van der Waals surface area contributed by atoms with Gasteiger partial charge >= 0.3 is 0 Å². The molecule has 0 saturated carbocycles. The van der Waals surface area contributed by atoms with E-state index in [0.29, 0.717) is 13.0 Å². The molecule has 1 rings (SSSR count). The first kappa shape index (κ1) is 12.1. The van der Waals surface area contributed by atoms with Crippen molar-refractivity contribution < 1.29 is 8.78 Å². The molecule has 15 heavy (non-hydrogen) atoms. The zero-order chi connectivity index (χ0) is 11.3. The highest BCUT2D eigenvalue weighted by Gasteiger charge is 2.11. The number of hydrogen-bond acceptors (Lipinski definition) is 2. The molecule has 0 aromatic heterocycles. The average molecular weight is 214 g/mol. The van der Waals surface area contributed by atoms with Crippen LogP contribution in [0.2, 0.25) is 0 Å². The molecule has 0 bridgehead atoms. The van der Waals surface area contributed by atoms with Crippen LogP contribution in [0.1, 0.15) is 30.9 Å². The summed E-state index contributed by atoms with van der Waals surface area (Å²) in [5.74, 6) is -0.905. The lowest BCUT2D eigenvalue weighted by Crippen LogP contribution is -2.13. The van der Waals surface area contributed by atoms with Gasteiger partial charge in [-0.25, -0.2) is 8.78 Å². The summed E-state index contributed by atoms with van der Waals surface area (Å²) in [5.41, 5.74) is 11.3. The lowest BCUT2D eigenvalue weighted by Gasteiger charge is -2.12. The summed E-state index contributed by atoms with van der Waals surface area (Å²) in [7, 11) is 0. The Hall–Kier alpha value is -1.00. The van der Waals surface area contributed by atoms with Gasteiger partial charge in [0.1, 0.15) is 11.6 Å². The van der Waals surface area contributed by atoms with E-state index in [1.807, 2.05) is 0 Å². The molecule has 0 spiro atoms. The maximum atomic E-state index is 13.3. The Balaban J connectivity index is 2.64. The molecule has 0 saturated heterocycles. The second-order valence-corrected chi connectivity index (χ2v) is 3.56. The van der Waals surface area contributed by atoms with E-state index in [1.54, 1.807) is 0 Å². The van der Waals surface area contributed by atoms with Gasteiger partial charge in [0, 0.05) is 11.6 Å². The highest BCUT2D eigenvalue weighted by Crippen LogP contribution is 2.20.